The van der Waals surface area contributed by atoms with Gasteiger partial charge in [-0.25, -0.2) is 0 Å². The molecule has 0 amide bonds. The molecule has 1 aromatic carbocycles. The van der Waals surface area contributed by atoms with Crippen LogP contribution in [0.25, 0.3) is 6.08 Å². The molecular formula is C10H7NaO3. The van der Waals surface area contributed by atoms with Gasteiger partial charge in [-0.05, 0) is 12.1 Å². The van der Waals surface area contributed by atoms with Crippen molar-refractivity contribution in [3.63, 3.8) is 0 Å². The fourth-order valence-corrected chi connectivity index (χ4v) is 1.22. The summed E-state index contributed by atoms with van der Waals surface area (Å²) in [5, 5.41) is 10.5. The van der Waals surface area contributed by atoms with Gasteiger partial charge in [-0.3, -0.25) is 0 Å². The zero-order valence-electron chi connectivity index (χ0n) is 7.77. The van der Waals surface area contributed by atoms with Gasteiger partial charge in [0.05, 0.1) is 5.97 Å². The molecule has 1 aromatic rings. The van der Waals surface area contributed by atoms with Crippen molar-refractivity contribution >= 4 is 12.0 Å². The number of carboxylic acid groups (broad SMARTS) is 1. The van der Waals surface area contributed by atoms with Gasteiger partial charge in [0.1, 0.15) is 5.75 Å². The summed E-state index contributed by atoms with van der Waals surface area (Å²) in [5.74, 6) is -0.634. The number of fused-ring (bicyclic) bond motifs is 1. The molecule has 66 valence electrons. The average Bonchev–Trinajstić information content (AvgIpc) is 2.17. The first-order valence-corrected chi connectivity index (χ1v) is 3.92. The van der Waals surface area contributed by atoms with Crippen LogP contribution < -0.4 is 39.4 Å². The van der Waals surface area contributed by atoms with E-state index in [0.717, 1.165) is 5.56 Å². The third-order valence-corrected chi connectivity index (χ3v) is 1.86. The molecule has 14 heavy (non-hydrogen) atoms. The first-order chi connectivity index (χ1) is 6.27. The zero-order chi connectivity index (χ0) is 9.26. The van der Waals surface area contributed by atoms with E-state index in [0.29, 0.717) is 5.75 Å². The average molecular weight is 198 g/mol. The molecule has 0 saturated carbocycles. The van der Waals surface area contributed by atoms with Gasteiger partial charge in [-0.2, -0.15) is 0 Å². The third-order valence-electron chi connectivity index (χ3n) is 1.86. The summed E-state index contributed by atoms with van der Waals surface area (Å²) in [5.41, 5.74) is 0.889. The topological polar surface area (TPSA) is 49.4 Å². The quantitative estimate of drug-likeness (QED) is 0.458. The van der Waals surface area contributed by atoms with E-state index in [2.05, 4.69) is 0 Å². The van der Waals surface area contributed by atoms with Crippen LogP contribution in [0.1, 0.15) is 5.56 Å². The van der Waals surface area contributed by atoms with E-state index in [1.54, 1.807) is 18.2 Å². The van der Waals surface area contributed by atoms with Gasteiger partial charge in [-0.15, -0.1) is 0 Å². The second-order valence-electron chi connectivity index (χ2n) is 2.75. The second kappa shape index (κ2) is 4.64. The summed E-state index contributed by atoms with van der Waals surface area (Å²) in [4.78, 5) is 10.5. The number of para-hydroxylation sites is 1. The van der Waals surface area contributed by atoms with Crippen molar-refractivity contribution < 1.29 is 44.2 Å². The van der Waals surface area contributed by atoms with Crippen LogP contribution in [0.2, 0.25) is 0 Å². The Morgan fingerprint density at radius 2 is 2.07 bits per heavy atom. The predicted molar refractivity (Wildman–Crippen MR) is 44.9 cm³/mol. The van der Waals surface area contributed by atoms with E-state index in [4.69, 9.17) is 4.74 Å². The van der Waals surface area contributed by atoms with Crippen molar-refractivity contribution in [3.05, 3.63) is 35.9 Å². The van der Waals surface area contributed by atoms with Gasteiger partial charge in [0.2, 0.25) is 0 Å². The second-order valence-corrected chi connectivity index (χ2v) is 2.75. The van der Waals surface area contributed by atoms with E-state index in [-0.39, 0.29) is 29.6 Å². The molecule has 2 rings (SSSR count). The molecular weight excluding hydrogens is 191 g/mol. The Labute approximate surface area is 104 Å². The number of aliphatic carboxylic acids is 1. The summed E-state index contributed by atoms with van der Waals surface area (Å²) in [6.45, 7) is 0. The van der Waals surface area contributed by atoms with Crippen molar-refractivity contribution in [2.24, 2.45) is 0 Å². The van der Waals surface area contributed by atoms with E-state index >= 15 is 0 Å². The van der Waals surface area contributed by atoms with Crippen molar-refractivity contribution in [1.29, 1.82) is 0 Å². The maximum absolute atomic E-state index is 10.5. The van der Waals surface area contributed by atoms with E-state index < -0.39 is 12.1 Å². The number of rotatable bonds is 1. The number of benzene rings is 1. The van der Waals surface area contributed by atoms with Crippen LogP contribution in [0, 0.1) is 0 Å². The standard InChI is InChI=1S/C10H8O3.Na/c11-10(12)9-6-5-7-3-1-2-4-8(7)13-9;/h1-6,9H,(H,11,12);/q;+1/p-1. The van der Waals surface area contributed by atoms with Crippen molar-refractivity contribution in [3.8, 4) is 5.75 Å². The SMILES string of the molecule is O=C([O-])C1C=Cc2ccccc2O1.[Na+]. The minimum Gasteiger partial charge on any atom is -0.546 e. The number of hydrogen-bond donors (Lipinski definition) is 0. The van der Waals surface area contributed by atoms with Gasteiger partial charge < -0.3 is 14.6 Å². The summed E-state index contributed by atoms with van der Waals surface area (Å²) < 4.78 is 5.14. The first-order valence-electron chi connectivity index (χ1n) is 3.92. The molecule has 0 aromatic heterocycles. The molecule has 0 aliphatic carbocycles. The number of carbonyl (C=O) groups is 1. The van der Waals surface area contributed by atoms with E-state index in [1.807, 2.05) is 12.1 Å². The fourth-order valence-electron chi connectivity index (χ4n) is 1.22. The van der Waals surface area contributed by atoms with Gasteiger partial charge in [0, 0.05) is 5.56 Å². The van der Waals surface area contributed by atoms with Gasteiger partial charge >= 0.3 is 29.6 Å². The molecule has 0 spiro atoms. The van der Waals surface area contributed by atoms with Gasteiger partial charge in [0.15, 0.2) is 6.10 Å². The van der Waals surface area contributed by atoms with Crippen LogP contribution in [0.4, 0.5) is 0 Å². The first kappa shape index (κ1) is 11.3. The molecule has 0 bridgehead atoms. The monoisotopic (exact) mass is 198 g/mol. The van der Waals surface area contributed by atoms with Gasteiger partial charge in [0.25, 0.3) is 0 Å². The van der Waals surface area contributed by atoms with Crippen LogP contribution in [-0.2, 0) is 4.79 Å². The molecule has 0 saturated heterocycles. The molecule has 4 heteroatoms. The van der Waals surface area contributed by atoms with E-state index in [1.165, 1.54) is 6.08 Å². The van der Waals surface area contributed by atoms with Gasteiger partial charge in [-0.1, -0.05) is 24.3 Å². The molecule has 0 fully saturated rings. The predicted octanol–water partition coefficient (Wildman–Crippen LogP) is -2.79. The summed E-state index contributed by atoms with van der Waals surface area (Å²) >= 11 is 0. The van der Waals surface area contributed by atoms with Crippen LogP contribution in [0.5, 0.6) is 5.75 Å². The molecule has 3 nitrogen and oxygen atoms in total. The molecule has 1 unspecified atom stereocenters. The number of hydrogen-bond acceptors (Lipinski definition) is 3. The molecule has 1 aliphatic heterocycles. The Kier molecular flexibility index (Phi) is 3.75. The molecule has 1 atom stereocenters. The number of carbonyl (C=O) groups excluding carboxylic acids is 1. The van der Waals surface area contributed by atoms with E-state index in [9.17, 15) is 9.90 Å². The number of ether oxygens (including phenoxy) is 1. The molecule has 0 radical (unpaired) electrons. The smallest absolute Gasteiger partial charge is 0.546 e. The normalized spacial score (nSPS) is 17.6. The van der Waals surface area contributed by atoms with Crippen LogP contribution >= 0.6 is 0 Å². The summed E-state index contributed by atoms with van der Waals surface area (Å²) in [7, 11) is 0. The minimum absolute atomic E-state index is 0. The third kappa shape index (κ3) is 2.18. The van der Waals surface area contributed by atoms with Crippen molar-refractivity contribution in [1.82, 2.24) is 0 Å². The van der Waals surface area contributed by atoms with Crippen LogP contribution in [0.3, 0.4) is 0 Å². The van der Waals surface area contributed by atoms with Crippen molar-refractivity contribution in [2.45, 2.75) is 6.10 Å². The Morgan fingerprint density at radius 3 is 2.79 bits per heavy atom. The fraction of sp³-hybridized carbons (Fsp3) is 0.100. The summed E-state index contributed by atoms with van der Waals surface area (Å²) in [6.07, 6.45) is 2.23. The largest absolute Gasteiger partial charge is 1.00 e. The maximum atomic E-state index is 10.5. The Morgan fingerprint density at radius 1 is 1.36 bits per heavy atom. The molecule has 1 aliphatic rings. The van der Waals surface area contributed by atoms with Crippen LogP contribution in [-0.4, -0.2) is 12.1 Å². The molecule has 1 heterocycles. The number of carboxylic acids is 1. The molecule has 0 N–H and O–H groups in total. The van der Waals surface area contributed by atoms with Crippen molar-refractivity contribution in [2.75, 3.05) is 0 Å². The minimum atomic E-state index is -1.22. The Balaban J connectivity index is 0.000000980. The summed E-state index contributed by atoms with van der Waals surface area (Å²) in [6, 6.07) is 7.25. The van der Waals surface area contributed by atoms with Crippen LogP contribution in [0.15, 0.2) is 30.3 Å². The Hall–Kier alpha value is -0.770. The Bertz CT molecular complexity index is 373. The zero-order valence-corrected chi connectivity index (χ0v) is 9.77. The maximum Gasteiger partial charge on any atom is 1.00 e.